The second-order valence-electron chi connectivity index (χ2n) is 7.34. The Kier molecular flexibility index (Phi) is 7.31. The minimum atomic E-state index is -0.639. The lowest BCUT2D eigenvalue weighted by Crippen LogP contribution is -2.28. The van der Waals surface area contributed by atoms with Crippen LogP contribution in [-0.4, -0.2) is 27.2 Å². The van der Waals surface area contributed by atoms with Crippen molar-refractivity contribution in [3.05, 3.63) is 112 Å². The van der Waals surface area contributed by atoms with Gasteiger partial charge in [-0.2, -0.15) is 0 Å². The maximum atomic E-state index is 13.2. The molecule has 8 nitrogen and oxygen atoms in total. The molecule has 0 aliphatic carbocycles. The number of hydrogen-bond acceptors (Lipinski definition) is 6. The molecule has 10 heteroatoms. The summed E-state index contributed by atoms with van der Waals surface area (Å²) in [6.45, 7) is 5.32. The third kappa shape index (κ3) is 5.37. The summed E-state index contributed by atoms with van der Waals surface area (Å²) < 4.78 is 20.4. The zero-order valence-corrected chi connectivity index (χ0v) is 19.7. The molecule has 1 amide bonds. The van der Waals surface area contributed by atoms with E-state index in [4.69, 9.17) is 16.3 Å². The van der Waals surface area contributed by atoms with Gasteiger partial charge >= 0.3 is 0 Å². The van der Waals surface area contributed by atoms with E-state index in [1.54, 1.807) is 31.2 Å². The Morgan fingerprint density at radius 1 is 1.14 bits per heavy atom. The van der Waals surface area contributed by atoms with Crippen LogP contribution in [0.5, 0.6) is 5.75 Å². The van der Waals surface area contributed by atoms with Crippen molar-refractivity contribution in [2.45, 2.75) is 6.92 Å². The van der Waals surface area contributed by atoms with Gasteiger partial charge in [0, 0.05) is 17.4 Å². The predicted octanol–water partition coefficient (Wildman–Crippen LogP) is 5.44. The molecule has 3 heterocycles. The highest BCUT2D eigenvalue weighted by Gasteiger charge is 2.15. The van der Waals surface area contributed by atoms with E-state index in [1.807, 2.05) is 0 Å². The van der Waals surface area contributed by atoms with Gasteiger partial charge in [0.15, 0.2) is 0 Å². The number of anilines is 1. The first-order valence-corrected chi connectivity index (χ1v) is 11.0. The van der Waals surface area contributed by atoms with Gasteiger partial charge in [0.25, 0.3) is 11.5 Å². The number of nitrogens with one attached hydrogen (secondary N) is 1. The molecule has 0 unspecified atom stereocenters. The molecule has 4 rings (SSSR count). The van der Waals surface area contributed by atoms with E-state index in [9.17, 15) is 14.0 Å². The number of allylic oxidation sites excluding steroid dienone is 1. The second-order valence-corrected chi connectivity index (χ2v) is 7.73. The molecule has 180 valence electrons. The van der Waals surface area contributed by atoms with Gasteiger partial charge in [-0.25, -0.2) is 14.4 Å². The summed E-state index contributed by atoms with van der Waals surface area (Å²) in [4.78, 5) is 37.7. The normalized spacial score (nSPS) is 11.1. The number of benzene rings is 1. The molecule has 0 fully saturated rings. The average Bonchev–Trinajstić information content (AvgIpc) is 2.89. The van der Waals surface area contributed by atoms with Gasteiger partial charge < -0.3 is 10.1 Å². The van der Waals surface area contributed by atoms with Crippen LogP contribution in [0.15, 0.2) is 89.1 Å². The van der Waals surface area contributed by atoms with Gasteiger partial charge in [-0.1, -0.05) is 11.6 Å². The summed E-state index contributed by atoms with van der Waals surface area (Å²) in [5, 5.41) is 2.87. The number of nitrogens with zero attached hydrogens (tertiary/aromatic N) is 4. The number of ether oxygens (including phenoxy) is 1. The van der Waals surface area contributed by atoms with Gasteiger partial charge in [0.1, 0.15) is 33.9 Å². The predicted molar refractivity (Wildman–Crippen MR) is 137 cm³/mol. The topological polar surface area (TPSA) is 98.5 Å². The lowest BCUT2D eigenvalue weighted by Gasteiger charge is -2.12. The van der Waals surface area contributed by atoms with Crippen LogP contribution in [0, 0.1) is 5.82 Å². The zero-order chi connectivity index (χ0) is 25.7. The molecular weight excluding hydrogens is 485 g/mol. The Bertz CT molecular complexity index is 1520. The summed E-state index contributed by atoms with van der Waals surface area (Å²) in [5.41, 5.74) is 0.881. The first kappa shape index (κ1) is 24.5. The van der Waals surface area contributed by atoms with E-state index in [0.717, 1.165) is 0 Å². The molecule has 1 N–H and O–H groups in total. The standard InChI is InChI=1S/C26H19ClFN5O3/c1-3-22(20-13-23(27)30-15-21(20)29-2)36-18-10-11-24(31-14-18)32-25(34)19-5-4-12-33(26(19)35)17-8-6-16(28)7-9-17/h3-15H,2H2,1H3,(H,31,32,34)/b22-3+. The Morgan fingerprint density at radius 3 is 2.58 bits per heavy atom. The maximum absolute atomic E-state index is 13.2. The van der Waals surface area contributed by atoms with Gasteiger partial charge in [-0.15, -0.1) is 0 Å². The van der Waals surface area contributed by atoms with Crippen molar-refractivity contribution in [2.24, 2.45) is 4.99 Å². The Balaban J connectivity index is 1.50. The average molecular weight is 504 g/mol. The molecule has 0 aliphatic heterocycles. The molecule has 0 atom stereocenters. The van der Waals surface area contributed by atoms with Crippen LogP contribution in [0.3, 0.4) is 0 Å². The largest absolute Gasteiger partial charge is 0.455 e. The van der Waals surface area contributed by atoms with E-state index < -0.39 is 17.3 Å². The van der Waals surface area contributed by atoms with Crippen molar-refractivity contribution in [2.75, 3.05) is 5.32 Å². The van der Waals surface area contributed by atoms with E-state index in [1.165, 1.54) is 59.6 Å². The number of carbonyl (C=O) groups is 1. The van der Waals surface area contributed by atoms with Crippen LogP contribution in [0.2, 0.25) is 5.15 Å². The fourth-order valence-electron chi connectivity index (χ4n) is 3.31. The zero-order valence-electron chi connectivity index (χ0n) is 19.0. The number of pyridine rings is 3. The Morgan fingerprint density at radius 2 is 1.92 bits per heavy atom. The van der Waals surface area contributed by atoms with Gasteiger partial charge in [-0.05, 0) is 74.3 Å². The molecule has 36 heavy (non-hydrogen) atoms. The Labute approximate surface area is 210 Å². The maximum Gasteiger partial charge on any atom is 0.267 e. The number of halogens is 2. The van der Waals surface area contributed by atoms with Gasteiger partial charge in [-0.3, -0.25) is 19.1 Å². The van der Waals surface area contributed by atoms with E-state index in [0.29, 0.717) is 28.4 Å². The number of carbonyl (C=O) groups excluding carboxylic acids is 1. The summed E-state index contributed by atoms with van der Waals surface area (Å²) in [7, 11) is 0. The smallest absolute Gasteiger partial charge is 0.267 e. The summed E-state index contributed by atoms with van der Waals surface area (Å²) >= 11 is 6.01. The quantitative estimate of drug-likeness (QED) is 0.205. The lowest BCUT2D eigenvalue weighted by molar-refractivity contribution is 0.102. The highest BCUT2D eigenvalue weighted by Crippen LogP contribution is 2.30. The molecule has 0 aliphatic rings. The lowest BCUT2D eigenvalue weighted by atomic mass is 10.2. The van der Waals surface area contributed by atoms with Crippen LogP contribution >= 0.6 is 11.6 Å². The van der Waals surface area contributed by atoms with Crippen molar-refractivity contribution in [1.82, 2.24) is 14.5 Å². The first-order valence-electron chi connectivity index (χ1n) is 10.6. The van der Waals surface area contributed by atoms with E-state index in [2.05, 4.69) is 27.0 Å². The van der Waals surface area contributed by atoms with Gasteiger partial charge in [0.2, 0.25) is 0 Å². The minimum absolute atomic E-state index is 0.0980. The van der Waals surface area contributed by atoms with Crippen LogP contribution in [0.1, 0.15) is 22.8 Å². The number of hydrogen-bond donors (Lipinski definition) is 1. The first-order chi connectivity index (χ1) is 17.4. The van der Waals surface area contributed by atoms with Gasteiger partial charge in [0.05, 0.1) is 18.1 Å². The van der Waals surface area contributed by atoms with E-state index >= 15 is 0 Å². The summed E-state index contributed by atoms with van der Waals surface area (Å²) in [5.74, 6) is 0.00253. The molecule has 0 saturated carbocycles. The van der Waals surface area contributed by atoms with Crippen LogP contribution in [-0.2, 0) is 0 Å². The number of aromatic nitrogens is 3. The number of aliphatic imine (C=N–C) groups is 1. The van der Waals surface area contributed by atoms with Crippen molar-refractivity contribution < 1.29 is 13.9 Å². The van der Waals surface area contributed by atoms with Crippen molar-refractivity contribution in [3.8, 4) is 11.4 Å². The number of amides is 1. The van der Waals surface area contributed by atoms with Crippen LogP contribution in [0.25, 0.3) is 11.4 Å². The third-order valence-corrected chi connectivity index (χ3v) is 5.26. The molecule has 0 spiro atoms. The highest BCUT2D eigenvalue weighted by atomic mass is 35.5. The monoisotopic (exact) mass is 503 g/mol. The van der Waals surface area contributed by atoms with Crippen molar-refractivity contribution in [1.29, 1.82) is 0 Å². The highest BCUT2D eigenvalue weighted by molar-refractivity contribution is 6.29. The van der Waals surface area contributed by atoms with Crippen molar-refractivity contribution >= 4 is 41.5 Å². The fraction of sp³-hybridized carbons (Fsp3) is 0.0385. The van der Waals surface area contributed by atoms with E-state index in [-0.39, 0.29) is 16.5 Å². The minimum Gasteiger partial charge on any atom is -0.455 e. The molecule has 0 bridgehead atoms. The third-order valence-electron chi connectivity index (χ3n) is 5.05. The van der Waals surface area contributed by atoms with Crippen LogP contribution < -0.4 is 15.6 Å². The second kappa shape index (κ2) is 10.7. The summed E-state index contributed by atoms with van der Waals surface area (Å²) in [6.07, 6.45) is 6.14. The molecule has 4 aromatic rings. The molecular formula is C26H19ClFN5O3. The molecule has 3 aromatic heterocycles. The molecule has 0 saturated heterocycles. The fourth-order valence-corrected chi connectivity index (χ4v) is 3.47. The molecule has 0 radical (unpaired) electrons. The summed E-state index contributed by atoms with van der Waals surface area (Å²) in [6, 6.07) is 13.1. The number of rotatable bonds is 7. The van der Waals surface area contributed by atoms with Crippen molar-refractivity contribution in [3.63, 3.8) is 0 Å². The Hall–Kier alpha value is -4.63. The SMILES string of the molecule is C=Nc1cnc(Cl)cc1/C(=C\C)Oc1ccc(NC(=O)c2cccn(-c3ccc(F)cc3)c2=O)nc1. The van der Waals surface area contributed by atoms with Crippen LogP contribution in [0.4, 0.5) is 15.9 Å². The molecule has 1 aromatic carbocycles.